The predicted molar refractivity (Wildman–Crippen MR) is 75.7 cm³/mol. The van der Waals surface area contributed by atoms with Crippen molar-refractivity contribution in [1.82, 2.24) is 10.2 Å². The lowest BCUT2D eigenvalue weighted by Crippen LogP contribution is -2.49. The van der Waals surface area contributed by atoms with Crippen molar-refractivity contribution in [3.63, 3.8) is 0 Å². The van der Waals surface area contributed by atoms with Crippen LogP contribution in [0.5, 0.6) is 0 Å². The number of hydrogen-bond acceptors (Lipinski definition) is 3. The van der Waals surface area contributed by atoms with Gasteiger partial charge in [0.25, 0.3) is 0 Å². The van der Waals surface area contributed by atoms with Crippen molar-refractivity contribution >= 4 is 24.2 Å². The van der Waals surface area contributed by atoms with Crippen LogP contribution in [-0.4, -0.2) is 41.9 Å². The van der Waals surface area contributed by atoms with Gasteiger partial charge in [-0.3, -0.25) is 9.59 Å². The normalized spacial score (nSPS) is 12.3. The molecule has 0 aliphatic heterocycles. The molecule has 0 saturated heterocycles. The zero-order chi connectivity index (χ0) is 13.6. The SMILES string of the molecule is CCCC(N)C(=O)N(C)CC(=O)NC(C)(C)C.Cl. The van der Waals surface area contributed by atoms with Gasteiger partial charge in [0.1, 0.15) is 0 Å². The fourth-order valence-electron chi connectivity index (χ4n) is 1.47. The van der Waals surface area contributed by atoms with E-state index in [4.69, 9.17) is 5.73 Å². The van der Waals surface area contributed by atoms with Gasteiger partial charge in [0, 0.05) is 12.6 Å². The predicted octanol–water partition coefficient (Wildman–Crippen LogP) is 0.909. The van der Waals surface area contributed by atoms with Crippen LogP contribution < -0.4 is 11.1 Å². The second-order valence-electron chi connectivity index (χ2n) is 5.39. The Kier molecular flexibility index (Phi) is 9.03. The number of nitrogens with one attached hydrogen (secondary N) is 1. The third-order valence-corrected chi connectivity index (χ3v) is 2.19. The molecule has 0 spiro atoms. The van der Waals surface area contributed by atoms with Gasteiger partial charge in [0.2, 0.25) is 11.8 Å². The first-order valence-corrected chi connectivity index (χ1v) is 5.99. The van der Waals surface area contributed by atoms with Gasteiger partial charge >= 0.3 is 0 Å². The molecule has 0 bridgehead atoms. The van der Waals surface area contributed by atoms with Crippen molar-refractivity contribution in [2.24, 2.45) is 5.73 Å². The summed E-state index contributed by atoms with van der Waals surface area (Å²) < 4.78 is 0. The molecule has 0 heterocycles. The molecule has 1 unspecified atom stereocenters. The first kappa shape index (κ1) is 19.5. The largest absolute Gasteiger partial charge is 0.350 e. The Labute approximate surface area is 116 Å². The molecule has 0 aromatic heterocycles. The van der Waals surface area contributed by atoms with Crippen LogP contribution >= 0.6 is 12.4 Å². The lowest BCUT2D eigenvalue weighted by atomic mass is 10.1. The van der Waals surface area contributed by atoms with Crippen molar-refractivity contribution in [2.45, 2.75) is 52.1 Å². The Bertz CT molecular complexity index is 277. The van der Waals surface area contributed by atoms with E-state index in [0.717, 1.165) is 6.42 Å². The molecule has 0 rings (SSSR count). The third-order valence-electron chi connectivity index (χ3n) is 2.19. The minimum atomic E-state index is -0.507. The number of halogens is 1. The molecule has 6 heteroatoms. The van der Waals surface area contributed by atoms with Crippen LogP contribution in [0.3, 0.4) is 0 Å². The summed E-state index contributed by atoms with van der Waals surface area (Å²) in [7, 11) is 1.60. The van der Waals surface area contributed by atoms with Crippen molar-refractivity contribution in [3.05, 3.63) is 0 Å². The highest BCUT2D eigenvalue weighted by atomic mass is 35.5. The van der Waals surface area contributed by atoms with Crippen molar-refractivity contribution in [1.29, 1.82) is 0 Å². The van der Waals surface area contributed by atoms with Crippen LogP contribution in [-0.2, 0) is 9.59 Å². The summed E-state index contributed by atoms with van der Waals surface area (Å²) in [6.07, 6.45) is 1.50. The summed E-state index contributed by atoms with van der Waals surface area (Å²) in [6.45, 7) is 7.72. The van der Waals surface area contributed by atoms with Crippen molar-refractivity contribution in [2.75, 3.05) is 13.6 Å². The fourth-order valence-corrected chi connectivity index (χ4v) is 1.47. The smallest absolute Gasteiger partial charge is 0.240 e. The number of carbonyl (C=O) groups is 2. The Morgan fingerprint density at radius 2 is 1.83 bits per heavy atom. The zero-order valence-corrected chi connectivity index (χ0v) is 12.8. The van der Waals surface area contributed by atoms with Gasteiger partial charge < -0.3 is 16.0 Å². The summed E-state index contributed by atoms with van der Waals surface area (Å²) in [5.74, 6) is -0.354. The third kappa shape index (κ3) is 8.31. The Hall–Kier alpha value is -0.810. The second kappa shape index (κ2) is 8.32. The van der Waals surface area contributed by atoms with Gasteiger partial charge in [-0.25, -0.2) is 0 Å². The van der Waals surface area contributed by atoms with Gasteiger partial charge in [0.15, 0.2) is 0 Å². The maximum absolute atomic E-state index is 11.8. The van der Waals surface area contributed by atoms with E-state index in [-0.39, 0.29) is 36.3 Å². The molecule has 0 aliphatic carbocycles. The van der Waals surface area contributed by atoms with Gasteiger partial charge in [-0.2, -0.15) is 0 Å². The number of rotatable bonds is 5. The van der Waals surface area contributed by atoms with Crippen molar-refractivity contribution < 1.29 is 9.59 Å². The number of nitrogens with zero attached hydrogens (tertiary/aromatic N) is 1. The van der Waals surface area contributed by atoms with E-state index in [1.807, 2.05) is 27.7 Å². The highest BCUT2D eigenvalue weighted by Crippen LogP contribution is 2.00. The molecule has 3 N–H and O–H groups in total. The Morgan fingerprint density at radius 1 is 1.33 bits per heavy atom. The number of hydrogen-bond donors (Lipinski definition) is 2. The minimum Gasteiger partial charge on any atom is -0.350 e. The van der Waals surface area contributed by atoms with E-state index in [9.17, 15) is 9.59 Å². The molecular weight excluding hydrogens is 254 g/mol. The van der Waals surface area contributed by atoms with Crippen LogP contribution in [0.25, 0.3) is 0 Å². The van der Waals surface area contributed by atoms with Crippen LogP contribution in [0.15, 0.2) is 0 Å². The molecule has 0 saturated carbocycles. The minimum absolute atomic E-state index is 0. The summed E-state index contributed by atoms with van der Waals surface area (Å²) in [5, 5.41) is 2.80. The van der Waals surface area contributed by atoms with Gasteiger partial charge in [-0.1, -0.05) is 13.3 Å². The summed E-state index contributed by atoms with van der Waals surface area (Å²) in [4.78, 5) is 24.7. The Balaban J connectivity index is 0. The lowest BCUT2D eigenvalue weighted by molar-refractivity contribution is -0.136. The molecule has 108 valence electrons. The second-order valence-corrected chi connectivity index (χ2v) is 5.39. The summed E-state index contributed by atoms with van der Waals surface area (Å²) in [5.41, 5.74) is 5.42. The molecule has 0 aliphatic rings. The van der Waals surface area contributed by atoms with E-state index in [1.54, 1.807) is 7.05 Å². The average molecular weight is 280 g/mol. The molecule has 18 heavy (non-hydrogen) atoms. The highest BCUT2D eigenvalue weighted by molar-refractivity contribution is 5.87. The first-order chi connectivity index (χ1) is 7.67. The van der Waals surface area contributed by atoms with E-state index >= 15 is 0 Å². The molecule has 0 radical (unpaired) electrons. The van der Waals surface area contributed by atoms with Crippen LogP contribution in [0.2, 0.25) is 0 Å². The molecule has 0 aromatic carbocycles. The van der Waals surface area contributed by atoms with Crippen LogP contribution in [0.4, 0.5) is 0 Å². The van der Waals surface area contributed by atoms with E-state index in [1.165, 1.54) is 4.90 Å². The number of likely N-dealkylation sites (N-methyl/N-ethyl adjacent to an activating group) is 1. The fraction of sp³-hybridized carbons (Fsp3) is 0.833. The maximum Gasteiger partial charge on any atom is 0.240 e. The molecule has 5 nitrogen and oxygen atoms in total. The molecular formula is C12H26ClN3O2. The van der Waals surface area contributed by atoms with E-state index in [0.29, 0.717) is 6.42 Å². The van der Waals surface area contributed by atoms with Crippen molar-refractivity contribution in [3.8, 4) is 0 Å². The van der Waals surface area contributed by atoms with E-state index < -0.39 is 6.04 Å². The van der Waals surface area contributed by atoms with Gasteiger partial charge in [-0.05, 0) is 27.2 Å². The highest BCUT2D eigenvalue weighted by Gasteiger charge is 2.21. The molecule has 0 fully saturated rings. The van der Waals surface area contributed by atoms with Crippen LogP contribution in [0.1, 0.15) is 40.5 Å². The van der Waals surface area contributed by atoms with Gasteiger partial charge in [0.05, 0.1) is 12.6 Å². The molecule has 2 amide bonds. The summed E-state index contributed by atoms with van der Waals surface area (Å²) in [6, 6.07) is -0.507. The summed E-state index contributed by atoms with van der Waals surface area (Å²) >= 11 is 0. The topological polar surface area (TPSA) is 75.4 Å². The van der Waals surface area contributed by atoms with E-state index in [2.05, 4.69) is 5.32 Å². The zero-order valence-electron chi connectivity index (χ0n) is 11.9. The van der Waals surface area contributed by atoms with Gasteiger partial charge in [-0.15, -0.1) is 12.4 Å². The monoisotopic (exact) mass is 279 g/mol. The molecule has 0 aromatic rings. The van der Waals surface area contributed by atoms with Crippen LogP contribution in [0, 0.1) is 0 Å². The number of nitrogens with two attached hydrogens (primary N) is 1. The quantitative estimate of drug-likeness (QED) is 0.785. The average Bonchev–Trinajstić information content (AvgIpc) is 2.13. The maximum atomic E-state index is 11.8. The number of amides is 2. The lowest BCUT2D eigenvalue weighted by Gasteiger charge is -2.24. The first-order valence-electron chi connectivity index (χ1n) is 5.99. The molecule has 1 atom stereocenters. The standard InChI is InChI=1S/C12H25N3O2.ClH/c1-6-7-9(13)11(17)15(5)8-10(16)14-12(2,3)4;/h9H,6-8,13H2,1-5H3,(H,14,16);1H. The number of carbonyl (C=O) groups excluding carboxylic acids is 2. The Morgan fingerprint density at radius 3 is 2.22 bits per heavy atom.